The van der Waals surface area contributed by atoms with E-state index in [0.29, 0.717) is 12.6 Å². The number of thiazole rings is 1. The fourth-order valence-electron chi connectivity index (χ4n) is 3.67. The van der Waals surface area contributed by atoms with E-state index >= 15 is 0 Å². The number of rotatable bonds is 5. The lowest BCUT2D eigenvalue weighted by Gasteiger charge is -2.32. The first-order valence-electron chi connectivity index (χ1n) is 8.57. The molecular formula is C18H23N3O2S. The summed E-state index contributed by atoms with van der Waals surface area (Å²) in [6.07, 6.45) is 4.42. The first kappa shape index (κ1) is 16.1. The van der Waals surface area contributed by atoms with E-state index in [1.54, 1.807) is 11.3 Å². The number of fused-ring (bicyclic) bond motifs is 1. The Kier molecular flexibility index (Phi) is 4.89. The minimum Gasteiger partial charge on any atom is -0.374 e. The number of likely N-dealkylation sites (tertiary alicyclic amines) is 1. The molecule has 4 heterocycles. The molecule has 0 aromatic carbocycles. The van der Waals surface area contributed by atoms with Crippen molar-refractivity contribution in [3.63, 3.8) is 0 Å². The van der Waals surface area contributed by atoms with E-state index in [4.69, 9.17) is 9.47 Å². The third-order valence-corrected chi connectivity index (χ3v) is 5.87. The summed E-state index contributed by atoms with van der Waals surface area (Å²) in [6.45, 7) is 5.35. The molecule has 3 atom stereocenters. The topological polar surface area (TPSA) is 47.5 Å². The van der Waals surface area contributed by atoms with Crippen LogP contribution in [0.25, 0.3) is 0 Å². The molecule has 6 heteroatoms. The van der Waals surface area contributed by atoms with Gasteiger partial charge in [-0.1, -0.05) is 6.07 Å². The van der Waals surface area contributed by atoms with Crippen molar-refractivity contribution in [2.75, 3.05) is 13.2 Å². The Hall–Kier alpha value is -1.34. The number of hydrogen-bond acceptors (Lipinski definition) is 6. The summed E-state index contributed by atoms with van der Waals surface area (Å²) in [5.41, 5.74) is 4.05. The van der Waals surface area contributed by atoms with Gasteiger partial charge in [0.25, 0.3) is 0 Å². The van der Waals surface area contributed by atoms with Crippen LogP contribution in [-0.4, -0.2) is 46.3 Å². The lowest BCUT2D eigenvalue weighted by molar-refractivity contribution is -0.0823. The maximum Gasteiger partial charge on any atom is 0.100 e. The zero-order valence-corrected chi connectivity index (χ0v) is 14.7. The molecule has 2 fully saturated rings. The quantitative estimate of drug-likeness (QED) is 0.834. The highest BCUT2D eigenvalue weighted by atomic mass is 32.1. The summed E-state index contributed by atoms with van der Waals surface area (Å²) in [5.74, 6) is 0. The second-order valence-corrected chi connectivity index (χ2v) is 7.45. The van der Waals surface area contributed by atoms with E-state index in [0.717, 1.165) is 37.5 Å². The second kappa shape index (κ2) is 7.27. The molecule has 2 aliphatic heterocycles. The summed E-state index contributed by atoms with van der Waals surface area (Å²) in [5, 5.41) is 0. The van der Waals surface area contributed by atoms with Gasteiger partial charge in [-0.2, -0.15) is 0 Å². The predicted molar refractivity (Wildman–Crippen MR) is 92.8 cm³/mol. The Morgan fingerprint density at radius 1 is 1.38 bits per heavy atom. The third kappa shape index (κ3) is 3.37. The van der Waals surface area contributed by atoms with E-state index in [2.05, 4.69) is 21.8 Å². The maximum atomic E-state index is 6.20. The molecule has 2 saturated heterocycles. The lowest BCUT2D eigenvalue weighted by Crippen LogP contribution is -2.41. The molecule has 2 aliphatic rings. The molecule has 0 N–H and O–H groups in total. The van der Waals surface area contributed by atoms with Gasteiger partial charge >= 0.3 is 0 Å². The third-order valence-electron chi connectivity index (χ3n) is 4.95. The Morgan fingerprint density at radius 3 is 3.12 bits per heavy atom. The number of hydrogen-bond donors (Lipinski definition) is 0. The molecule has 2 aromatic heterocycles. The SMILES string of the molecule is Cc1ncsc1CN1C[C@@H](OCc2ccccn2)[C@@H]2OCCC[C@@H]21. The molecule has 0 unspecified atom stereocenters. The molecule has 0 amide bonds. The highest BCUT2D eigenvalue weighted by molar-refractivity contribution is 7.09. The Morgan fingerprint density at radius 2 is 2.33 bits per heavy atom. The summed E-state index contributed by atoms with van der Waals surface area (Å²) < 4.78 is 12.3. The summed E-state index contributed by atoms with van der Waals surface area (Å²) in [7, 11) is 0. The van der Waals surface area contributed by atoms with Crippen LogP contribution in [0.3, 0.4) is 0 Å². The van der Waals surface area contributed by atoms with Crippen LogP contribution in [0.4, 0.5) is 0 Å². The van der Waals surface area contributed by atoms with E-state index in [1.165, 1.54) is 11.3 Å². The monoisotopic (exact) mass is 345 g/mol. The van der Waals surface area contributed by atoms with Crippen molar-refractivity contribution >= 4 is 11.3 Å². The van der Waals surface area contributed by atoms with Crippen molar-refractivity contribution in [2.45, 2.75) is 51.2 Å². The van der Waals surface area contributed by atoms with Gasteiger partial charge in [0.15, 0.2) is 0 Å². The number of ether oxygens (including phenoxy) is 2. The molecule has 0 saturated carbocycles. The van der Waals surface area contributed by atoms with Crippen molar-refractivity contribution in [2.24, 2.45) is 0 Å². The van der Waals surface area contributed by atoms with Crippen molar-refractivity contribution in [3.05, 3.63) is 46.2 Å². The maximum absolute atomic E-state index is 6.20. The predicted octanol–water partition coefficient (Wildman–Crippen LogP) is 2.80. The molecular weight excluding hydrogens is 322 g/mol. The van der Waals surface area contributed by atoms with Crippen molar-refractivity contribution in [3.8, 4) is 0 Å². The number of pyridine rings is 1. The standard InChI is InChI=1S/C18H23N3O2S/c1-13-17(24-12-20-13)10-21-9-16(18-15(21)6-4-8-22-18)23-11-14-5-2-3-7-19-14/h2-3,5,7,12,15-16,18H,4,6,8-11H2,1H3/t15-,16+,18+/m0/s1. The van der Waals surface area contributed by atoms with Gasteiger partial charge in [0.2, 0.25) is 0 Å². The average molecular weight is 345 g/mol. The Bertz CT molecular complexity index is 663. The van der Waals surface area contributed by atoms with Crippen LogP contribution in [0.2, 0.25) is 0 Å². The highest BCUT2D eigenvalue weighted by Gasteiger charge is 2.44. The van der Waals surface area contributed by atoms with E-state index in [9.17, 15) is 0 Å². The number of aromatic nitrogens is 2. The number of nitrogens with zero attached hydrogens (tertiary/aromatic N) is 3. The van der Waals surface area contributed by atoms with Gasteiger partial charge < -0.3 is 9.47 Å². The van der Waals surface area contributed by atoms with Crippen LogP contribution in [0.15, 0.2) is 29.9 Å². The minimum atomic E-state index is 0.116. The van der Waals surface area contributed by atoms with E-state index in [-0.39, 0.29) is 12.2 Å². The van der Waals surface area contributed by atoms with Gasteiger partial charge in [-0.3, -0.25) is 9.88 Å². The van der Waals surface area contributed by atoms with Crippen LogP contribution >= 0.6 is 11.3 Å². The molecule has 0 bridgehead atoms. The highest BCUT2D eigenvalue weighted by Crippen LogP contribution is 2.33. The Labute approximate surface area is 146 Å². The minimum absolute atomic E-state index is 0.116. The summed E-state index contributed by atoms with van der Waals surface area (Å²) in [4.78, 5) is 12.6. The normalized spacial score (nSPS) is 27.3. The van der Waals surface area contributed by atoms with Crippen LogP contribution in [-0.2, 0) is 22.6 Å². The fraction of sp³-hybridized carbons (Fsp3) is 0.556. The summed E-state index contributed by atoms with van der Waals surface area (Å²) in [6, 6.07) is 6.39. The van der Waals surface area contributed by atoms with Gasteiger partial charge in [0, 0.05) is 36.8 Å². The van der Waals surface area contributed by atoms with Crippen LogP contribution < -0.4 is 0 Å². The number of aryl methyl sites for hydroxylation is 1. The molecule has 5 nitrogen and oxygen atoms in total. The van der Waals surface area contributed by atoms with Crippen LogP contribution in [0, 0.1) is 6.92 Å². The van der Waals surface area contributed by atoms with Crippen LogP contribution in [0.1, 0.15) is 29.1 Å². The fourth-order valence-corrected chi connectivity index (χ4v) is 4.47. The zero-order chi connectivity index (χ0) is 16.4. The van der Waals surface area contributed by atoms with Crippen LogP contribution in [0.5, 0.6) is 0 Å². The van der Waals surface area contributed by atoms with Gasteiger partial charge in [-0.05, 0) is 31.9 Å². The van der Waals surface area contributed by atoms with Gasteiger partial charge in [0.05, 0.1) is 29.6 Å². The first-order chi connectivity index (χ1) is 11.8. The molecule has 128 valence electrons. The molecule has 24 heavy (non-hydrogen) atoms. The molecule has 4 rings (SSSR count). The smallest absolute Gasteiger partial charge is 0.100 e. The largest absolute Gasteiger partial charge is 0.374 e. The molecule has 0 radical (unpaired) electrons. The Balaban J connectivity index is 1.44. The molecule has 0 spiro atoms. The van der Waals surface area contributed by atoms with E-state index < -0.39 is 0 Å². The second-order valence-electron chi connectivity index (χ2n) is 6.51. The first-order valence-corrected chi connectivity index (χ1v) is 9.45. The summed E-state index contributed by atoms with van der Waals surface area (Å²) >= 11 is 1.74. The van der Waals surface area contributed by atoms with Crippen molar-refractivity contribution < 1.29 is 9.47 Å². The van der Waals surface area contributed by atoms with Gasteiger partial charge in [-0.25, -0.2) is 4.98 Å². The zero-order valence-electron chi connectivity index (χ0n) is 13.9. The lowest BCUT2D eigenvalue weighted by atomic mass is 10.0. The van der Waals surface area contributed by atoms with Gasteiger partial charge in [-0.15, -0.1) is 11.3 Å². The van der Waals surface area contributed by atoms with Crippen molar-refractivity contribution in [1.82, 2.24) is 14.9 Å². The van der Waals surface area contributed by atoms with E-state index in [1.807, 2.05) is 29.9 Å². The average Bonchev–Trinajstić information content (AvgIpc) is 3.19. The molecule has 0 aliphatic carbocycles. The van der Waals surface area contributed by atoms with Crippen molar-refractivity contribution in [1.29, 1.82) is 0 Å². The molecule has 2 aromatic rings. The van der Waals surface area contributed by atoms with Gasteiger partial charge in [0.1, 0.15) is 6.10 Å².